The molecule has 1 atom stereocenters. The minimum Gasteiger partial charge on any atom is -0.456 e. The topological polar surface area (TPSA) is 26.3 Å². The largest absolute Gasteiger partial charge is 0.456 e. The van der Waals surface area contributed by atoms with Crippen molar-refractivity contribution in [3.8, 4) is 44.5 Å². The van der Waals surface area contributed by atoms with Crippen LogP contribution >= 0.6 is 0 Å². The molecule has 4 aliphatic carbocycles. The van der Waals surface area contributed by atoms with E-state index >= 15 is 0 Å². The third-order valence-corrected chi connectivity index (χ3v) is 25.7. The van der Waals surface area contributed by atoms with E-state index in [1.54, 1.807) is 22.3 Å². The van der Waals surface area contributed by atoms with Crippen LogP contribution in [0.2, 0.25) is 0 Å². The van der Waals surface area contributed by atoms with Crippen molar-refractivity contribution in [1.29, 1.82) is 0 Å². The molecule has 0 amide bonds. The van der Waals surface area contributed by atoms with Crippen molar-refractivity contribution in [2.45, 2.75) is 283 Å². The van der Waals surface area contributed by atoms with E-state index in [2.05, 4.69) is 235 Å². The first-order valence-corrected chi connectivity index (χ1v) is 40.1. The van der Waals surface area contributed by atoms with E-state index in [-0.39, 0.29) is 33.0 Å². The third-order valence-electron chi connectivity index (χ3n) is 25.7. The fourth-order valence-corrected chi connectivity index (χ4v) is 20.5. The van der Waals surface area contributed by atoms with Gasteiger partial charge in [-0.2, -0.15) is 0 Å². The van der Waals surface area contributed by atoms with E-state index in [1.165, 1.54) is 270 Å². The number of unbranched alkanes of at least 4 members (excludes halogenated alkanes) is 16. The summed E-state index contributed by atoms with van der Waals surface area (Å²) in [5.74, 6) is 0.217. The van der Waals surface area contributed by atoms with Crippen LogP contribution in [0.3, 0.4) is 0 Å². The molecule has 0 N–H and O–H groups in total. The molecule has 2 heterocycles. The van der Waals surface area contributed by atoms with Gasteiger partial charge in [0, 0.05) is 48.8 Å². The highest BCUT2D eigenvalue weighted by Crippen LogP contribution is 2.68. The maximum atomic E-state index is 7.66. The Morgan fingerprint density at radius 3 is 1.53 bits per heavy atom. The van der Waals surface area contributed by atoms with Crippen LogP contribution in [0.15, 0.2) is 160 Å². The number of aryl methyl sites for hydroxylation is 1. The second kappa shape index (κ2) is 27.4. The smallest absolute Gasteiger partial charge is 0.144 e. The molecule has 0 aliphatic heterocycles. The Kier molecular flexibility index (Phi) is 18.7. The average molecular weight is 1320 g/mol. The molecule has 0 radical (unpaired) electrons. The van der Waals surface area contributed by atoms with Gasteiger partial charge in [0.15, 0.2) is 0 Å². The summed E-state index contributed by atoms with van der Waals surface area (Å²) < 4.78 is 14.2. The summed E-state index contributed by atoms with van der Waals surface area (Å²) in [5, 5.41) is 5.10. The molecule has 0 fully saturated rings. The normalized spacial score (nSPS) is 15.7. The first-order valence-electron chi connectivity index (χ1n) is 40.1. The van der Waals surface area contributed by atoms with Crippen LogP contribution in [-0.4, -0.2) is 0 Å². The lowest BCUT2D eigenvalue weighted by molar-refractivity contribution is 0.368. The van der Waals surface area contributed by atoms with Gasteiger partial charge in [0.2, 0.25) is 0 Å². The summed E-state index contributed by atoms with van der Waals surface area (Å²) in [5.41, 5.74) is 34.3. The number of fused-ring (bicyclic) bond motifs is 22. The SMILES string of the molecule is CCCCCCCC1(CCCCCCC)c2cc(C(Cc3ccc4c(c3)C(C)(C)c3cc5c(cc3-4)C(C)(C)c3ccc4oc6ccccc6c4c3-5)Cc3ccc(C)cc3C(C)(C)C)ccc2-c2c1c1c(c3c2oc2ccccc23)-c2ccccc2C1(CCCCCCC)CCCCCCC. The quantitative estimate of drug-likeness (QED) is 0.0437. The minimum absolute atomic E-state index is 0.0141. The molecule has 0 spiro atoms. The van der Waals surface area contributed by atoms with Gasteiger partial charge < -0.3 is 8.83 Å². The number of hydrogen-bond donors (Lipinski definition) is 0. The Morgan fingerprint density at radius 2 is 0.890 bits per heavy atom. The van der Waals surface area contributed by atoms with Crippen molar-refractivity contribution < 1.29 is 8.83 Å². The fourth-order valence-electron chi connectivity index (χ4n) is 20.5. The summed E-state index contributed by atoms with van der Waals surface area (Å²) in [4.78, 5) is 0. The highest BCUT2D eigenvalue weighted by molar-refractivity contribution is 6.21. The fraction of sp³-hybridized carbons (Fsp3) is 0.449. The van der Waals surface area contributed by atoms with Crippen molar-refractivity contribution in [3.63, 3.8) is 0 Å². The van der Waals surface area contributed by atoms with E-state index in [4.69, 9.17) is 8.83 Å². The molecule has 1 unspecified atom stereocenters. The molecular formula is C98H114O2. The molecule has 15 rings (SSSR count). The molecule has 518 valence electrons. The molecule has 9 aromatic carbocycles. The Labute approximate surface area is 600 Å². The molecule has 2 nitrogen and oxygen atoms in total. The summed E-state index contributed by atoms with van der Waals surface area (Å²) in [6, 6.07) is 60.8. The lowest BCUT2D eigenvalue weighted by Gasteiger charge is -2.40. The molecule has 0 bridgehead atoms. The van der Waals surface area contributed by atoms with E-state index in [1.807, 2.05) is 0 Å². The van der Waals surface area contributed by atoms with Crippen molar-refractivity contribution in [1.82, 2.24) is 0 Å². The maximum absolute atomic E-state index is 7.66. The van der Waals surface area contributed by atoms with Crippen LogP contribution in [0.5, 0.6) is 0 Å². The van der Waals surface area contributed by atoms with Gasteiger partial charge in [-0.15, -0.1) is 0 Å². The van der Waals surface area contributed by atoms with E-state index in [0.717, 1.165) is 35.2 Å². The molecule has 2 aromatic heterocycles. The molecule has 0 saturated heterocycles. The van der Waals surface area contributed by atoms with Gasteiger partial charge in [0.1, 0.15) is 22.3 Å². The van der Waals surface area contributed by atoms with Gasteiger partial charge in [-0.1, -0.05) is 331 Å². The van der Waals surface area contributed by atoms with Crippen LogP contribution < -0.4 is 0 Å². The van der Waals surface area contributed by atoms with Crippen LogP contribution in [0.1, 0.15) is 309 Å². The lowest BCUT2D eigenvalue weighted by atomic mass is 9.62. The van der Waals surface area contributed by atoms with Crippen molar-refractivity contribution in [2.24, 2.45) is 0 Å². The first kappa shape index (κ1) is 68.4. The zero-order valence-corrected chi connectivity index (χ0v) is 63.2. The summed E-state index contributed by atoms with van der Waals surface area (Å²) in [7, 11) is 0. The van der Waals surface area contributed by atoms with Gasteiger partial charge in [-0.25, -0.2) is 0 Å². The highest BCUT2D eigenvalue weighted by atomic mass is 16.3. The van der Waals surface area contributed by atoms with E-state index in [0.29, 0.717) is 0 Å². The van der Waals surface area contributed by atoms with Crippen LogP contribution in [-0.2, 0) is 39.9 Å². The molecule has 0 saturated carbocycles. The van der Waals surface area contributed by atoms with E-state index < -0.39 is 0 Å². The second-order valence-electron chi connectivity index (χ2n) is 34.0. The minimum atomic E-state index is -0.212. The first-order chi connectivity index (χ1) is 48.5. The van der Waals surface area contributed by atoms with Gasteiger partial charge in [-0.3, -0.25) is 0 Å². The third kappa shape index (κ3) is 11.5. The second-order valence-corrected chi connectivity index (χ2v) is 34.0. The van der Waals surface area contributed by atoms with Gasteiger partial charge in [0.05, 0.1) is 0 Å². The summed E-state index contributed by atoms with van der Waals surface area (Å²) in [6.07, 6.45) is 32.2. The Balaban J connectivity index is 0.928. The molecule has 2 heteroatoms. The predicted molar refractivity (Wildman–Crippen MR) is 429 cm³/mol. The van der Waals surface area contributed by atoms with Crippen molar-refractivity contribution in [3.05, 3.63) is 224 Å². The van der Waals surface area contributed by atoms with Gasteiger partial charge >= 0.3 is 0 Å². The summed E-state index contributed by atoms with van der Waals surface area (Å²) in [6.45, 7) is 29.0. The standard InChI is InChI=1S/C98H114O2/c1-13-17-21-25-35-53-97(54-36-26-22-18-14-2)76-42-32-29-39-70(76)88-89-73-41-31-34-44-84(73)100-93(89)90-71-50-48-66(61-82(71)98(92(90)91(88)97,55-37-27-23-19-15-3)56-38-28-24-20-16-4)68(60-67-47-45-64(5)57-78(67)94(6,7)8)58-65-46-49-69-74-62-81-75(63-80(74)96(11,12)79(69)59-65)86-77(95(81,9)10)51-52-85-87(86)72-40-30-33-43-83(72)99-85/h29-34,39-52,57,59,61-63,68H,13-28,35-38,53-56,58,60H2,1-12H3. The lowest BCUT2D eigenvalue weighted by Crippen LogP contribution is -2.33. The zero-order valence-electron chi connectivity index (χ0n) is 63.2. The van der Waals surface area contributed by atoms with Crippen LogP contribution in [0.4, 0.5) is 0 Å². The van der Waals surface area contributed by atoms with Crippen LogP contribution in [0, 0.1) is 6.92 Å². The Bertz CT molecular complexity index is 4830. The van der Waals surface area contributed by atoms with Gasteiger partial charge in [-0.05, 0) is 193 Å². The molecule has 11 aromatic rings. The number of hydrogen-bond acceptors (Lipinski definition) is 2. The van der Waals surface area contributed by atoms with Crippen LogP contribution in [0.25, 0.3) is 88.4 Å². The average Bonchev–Trinajstić information content (AvgIpc) is 1.55. The monoisotopic (exact) mass is 1320 g/mol. The Morgan fingerprint density at radius 1 is 0.370 bits per heavy atom. The number of para-hydroxylation sites is 2. The van der Waals surface area contributed by atoms with Crippen molar-refractivity contribution >= 4 is 43.9 Å². The number of furan rings is 2. The molecule has 100 heavy (non-hydrogen) atoms. The predicted octanol–water partition coefficient (Wildman–Crippen LogP) is 29.2. The Hall–Kier alpha value is -7.42. The molecular weight excluding hydrogens is 1210 g/mol. The highest BCUT2D eigenvalue weighted by Gasteiger charge is 2.54. The number of rotatable bonds is 29. The molecule has 4 aliphatic rings. The van der Waals surface area contributed by atoms with Crippen molar-refractivity contribution in [2.75, 3.05) is 0 Å². The van der Waals surface area contributed by atoms with E-state index in [9.17, 15) is 0 Å². The maximum Gasteiger partial charge on any atom is 0.144 e. The van der Waals surface area contributed by atoms with Gasteiger partial charge in [0.25, 0.3) is 0 Å². The zero-order chi connectivity index (χ0) is 69.3. The number of benzene rings is 9. The summed E-state index contributed by atoms with van der Waals surface area (Å²) >= 11 is 0.